The van der Waals surface area contributed by atoms with Crippen LogP contribution in [0, 0.1) is 0 Å². The van der Waals surface area contributed by atoms with Crippen LogP contribution in [0.15, 0.2) is 91.0 Å². The summed E-state index contributed by atoms with van der Waals surface area (Å²) in [5, 5.41) is 0. The maximum Gasteiger partial charge on any atom is 0.187 e. The first-order valence-corrected chi connectivity index (χ1v) is 13.1. The summed E-state index contributed by atoms with van der Waals surface area (Å²) < 4.78 is 32.0. The topological polar surface area (TPSA) is 46.2 Å². The Balaban J connectivity index is 1.30. The van der Waals surface area contributed by atoms with Crippen molar-refractivity contribution in [2.24, 2.45) is 0 Å². The zero-order chi connectivity index (χ0) is 24.4. The second kappa shape index (κ2) is 13.1. The van der Waals surface area contributed by atoms with Crippen LogP contribution >= 0.6 is 0 Å². The van der Waals surface area contributed by atoms with Crippen LogP contribution in [-0.2, 0) is 43.5 Å². The Morgan fingerprint density at radius 2 is 1.11 bits per heavy atom. The molecule has 1 aliphatic carbocycles. The smallest absolute Gasteiger partial charge is 0.187 e. The molecule has 1 saturated carbocycles. The van der Waals surface area contributed by atoms with Gasteiger partial charge in [-0.05, 0) is 29.5 Å². The van der Waals surface area contributed by atoms with Crippen LogP contribution in [-0.4, -0.2) is 37.3 Å². The van der Waals surface area contributed by atoms with E-state index in [-0.39, 0.29) is 24.4 Å². The standard InChI is InChI=1S/C31H36O5/c1-4-12-24(13-5-1)20-32-23-28-29(33-21-25-14-6-2-7-15-25)30(34-22-26-16-8-3-9-17-26)31(36-28)35-27-18-10-11-19-27/h1-9,12-17,27-31H,10-11,18-23H2/t28-,29-,30-,31-/m1/s1. The summed E-state index contributed by atoms with van der Waals surface area (Å²) in [6.07, 6.45) is 3.31. The molecule has 2 aliphatic rings. The van der Waals surface area contributed by atoms with E-state index in [1.54, 1.807) is 0 Å². The molecule has 0 N–H and O–H groups in total. The van der Waals surface area contributed by atoms with E-state index < -0.39 is 6.29 Å². The van der Waals surface area contributed by atoms with E-state index >= 15 is 0 Å². The van der Waals surface area contributed by atoms with Gasteiger partial charge in [0.05, 0.1) is 32.5 Å². The van der Waals surface area contributed by atoms with Gasteiger partial charge in [-0.3, -0.25) is 0 Å². The largest absolute Gasteiger partial charge is 0.374 e. The molecule has 0 radical (unpaired) electrons. The van der Waals surface area contributed by atoms with Crippen LogP contribution in [0.4, 0.5) is 0 Å². The normalized spacial score (nSPS) is 24.3. The third-order valence-corrected chi connectivity index (χ3v) is 6.86. The molecule has 3 aromatic carbocycles. The lowest BCUT2D eigenvalue weighted by Crippen LogP contribution is -2.40. The Morgan fingerprint density at radius 3 is 1.67 bits per heavy atom. The van der Waals surface area contributed by atoms with Gasteiger partial charge in [-0.1, -0.05) is 104 Å². The van der Waals surface area contributed by atoms with Gasteiger partial charge >= 0.3 is 0 Å². The summed E-state index contributed by atoms with van der Waals surface area (Å²) in [6.45, 7) is 1.88. The van der Waals surface area contributed by atoms with E-state index in [2.05, 4.69) is 36.4 Å². The van der Waals surface area contributed by atoms with E-state index in [4.69, 9.17) is 23.7 Å². The van der Waals surface area contributed by atoms with Crippen molar-refractivity contribution in [3.05, 3.63) is 108 Å². The lowest BCUT2D eigenvalue weighted by atomic mass is 10.1. The van der Waals surface area contributed by atoms with Crippen molar-refractivity contribution in [3.63, 3.8) is 0 Å². The molecule has 5 rings (SSSR count). The molecule has 1 saturated heterocycles. The summed E-state index contributed by atoms with van der Waals surface area (Å²) in [4.78, 5) is 0. The summed E-state index contributed by atoms with van der Waals surface area (Å²) in [5.74, 6) is 0. The van der Waals surface area contributed by atoms with Crippen molar-refractivity contribution < 1.29 is 23.7 Å². The van der Waals surface area contributed by atoms with Crippen LogP contribution in [0.5, 0.6) is 0 Å². The second-order valence-electron chi connectivity index (χ2n) is 9.61. The van der Waals surface area contributed by atoms with Crippen molar-refractivity contribution >= 4 is 0 Å². The molecule has 0 aromatic heterocycles. The molecule has 4 atom stereocenters. The Bertz CT molecular complexity index is 1010. The van der Waals surface area contributed by atoms with Gasteiger partial charge in [0.25, 0.3) is 0 Å². The van der Waals surface area contributed by atoms with E-state index in [9.17, 15) is 0 Å². The second-order valence-corrected chi connectivity index (χ2v) is 9.61. The van der Waals surface area contributed by atoms with Crippen LogP contribution in [0.2, 0.25) is 0 Å². The minimum Gasteiger partial charge on any atom is -0.374 e. The van der Waals surface area contributed by atoms with Gasteiger partial charge in [0, 0.05) is 0 Å². The van der Waals surface area contributed by atoms with Crippen molar-refractivity contribution in [3.8, 4) is 0 Å². The van der Waals surface area contributed by atoms with Crippen molar-refractivity contribution in [2.45, 2.75) is 76.2 Å². The van der Waals surface area contributed by atoms with Gasteiger partial charge in [0.2, 0.25) is 0 Å². The minimum absolute atomic E-state index is 0.205. The Hall–Kier alpha value is -2.54. The van der Waals surface area contributed by atoms with Crippen molar-refractivity contribution in [1.29, 1.82) is 0 Å². The lowest BCUT2D eigenvalue weighted by molar-refractivity contribution is -0.205. The Labute approximate surface area is 214 Å². The molecular formula is C31H36O5. The first-order valence-electron chi connectivity index (χ1n) is 13.1. The molecule has 0 bridgehead atoms. The molecule has 0 unspecified atom stereocenters. The number of benzene rings is 3. The number of hydrogen-bond donors (Lipinski definition) is 0. The molecule has 5 nitrogen and oxygen atoms in total. The summed E-state index contributed by atoms with van der Waals surface area (Å²) in [6, 6.07) is 30.6. The summed E-state index contributed by atoms with van der Waals surface area (Å²) in [5.41, 5.74) is 3.36. The quantitative estimate of drug-likeness (QED) is 0.310. The molecule has 0 spiro atoms. The molecule has 5 heteroatoms. The molecule has 190 valence electrons. The third-order valence-electron chi connectivity index (χ3n) is 6.86. The first kappa shape index (κ1) is 25.1. The highest BCUT2D eigenvalue weighted by Gasteiger charge is 2.48. The van der Waals surface area contributed by atoms with Gasteiger partial charge in [-0.25, -0.2) is 0 Å². The highest BCUT2D eigenvalue weighted by molar-refractivity contribution is 5.15. The van der Waals surface area contributed by atoms with E-state index in [1.807, 2.05) is 54.6 Å². The first-order chi connectivity index (χ1) is 17.8. The zero-order valence-electron chi connectivity index (χ0n) is 20.7. The molecule has 0 amide bonds. The van der Waals surface area contributed by atoms with Crippen LogP contribution in [0.3, 0.4) is 0 Å². The summed E-state index contributed by atoms with van der Waals surface area (Å²) >= 11 is 0. The van der Waals surface area contributed by atoms with Gasteiger partial charge in [0.1, 0.15) is 18.3 Å². The molecule has 3 aromatic rings. The number of rotatable bonds is 12. The Kier molecular flexibility index (Phi) is 9.17. The van der Waals surface area contributed by atoms with Gasteiger partial charge in [-0.2, -0.15) is 0 Å². The van der Waals surface area contributed by atoms with Crippen LogP contribution in [0.1, 0.15) is 42.4 Å². The number of hydrogen-bond acceptors (Lipinski definition) is 5. The minimum atomic E-state index is -0.483. The maximum atomic E-state index is 6.49. The SMILES string of the molecule is c1ccc(COC[C@H]2O[C@@H](OC3CCCC3)[C@H](OCc3ccccc3)[C@@H]2OCc2ccccc2)cc1. The maximum absolute atomic E-state index is 6.49. The highest BCUT2D eigenvalue weighted by atomic mass is 16.7. The fourth-order valence-electron chi connectivity index (χ4n) is 4.93. The fourth-order valence-corrected chi connectivity index (χ4v) is 4.93. The molecule has 2 fully saturated rings. The molecule has 1 aliphatic heterocycles. The van der Waals surface area contributed by atoms with Crippen molar-refractivity contribution in [2.75, 3.05) is 6.61 Å². The van der Waals surface area contributed by atoms with E-state index in [1.165, 1.54) is 12.8 Å². The molecular weight excluding hydrogens is 452 g/mol. The van der Waals surface area contributed by atoms with E-state index in [0.29, 0.717) is 26.4 Å². The van der Waals surface area contributed by atoms with Gasteiger partial charge < -0.3 is 23.7 Å². The number of ether oxygens (including phenoxy) is 5. The third kappa shape index (κ3) is 7.02. The zero-order valence-corrected chi connectivity index (χ0v) is 20.7. The fraction of sp³-hybridized carbons (Fsp3) is 0.419. The van der Waals surface area contributed by atoms with Gasteiger partial charge in [-0.15, -0.1) is 0 Å². The van der Waals surface area contributed by atoms with E-state index in [0.717, 1.165) is 29.5 Å². The molecule has 36 heavy (non-hydrogen) atoms. The molecule has 1 heterocycles. The van der Waals surface area contributed by atoms with Crippen LogP contribution in [0.25, 0.3) is 0 Å². The average molecular weight is 489 g/mol. The highest BCUT2D eigenvalue weighted by Crippen LogP contribution is 2.33. The van der Waals surface area contributed by atoms with Crippen LogP contribution < -0.4 is 0 Å². The Morgan fingerprint density at radius 1 is 0.611 bits per heavy atom. The van der Waals surface area contributed by atoms with Crippen molar-refractivity contribution in [1.82, 2.24) is 0 Å². The summed E-state index contributed by atoms with van der Waals surface area (Å²) in [7, 11) is 0. The van der Waals surface area contributed by atoms with Gasteiger partial charge in [0.15, 0.2) is 6.29 Å². The monoisotopic (exact) mass is 488 g/mol. The predicted molar refractivity (Wildman–Crippen MR) is 138 cm³/mol. The average Bonchev–Trinajstić information content (AvgIpc) is 3.56. The lowest BCUT2D eigenvalue weighted by Gasteiger charge is -2.26. The predicted octanol–water partition coefficient (Wildman–Crippen LogP) is 6.06.